The fourth-order valence-corrected chi connectivity index (χ4v) is 4.19. The third kappa shape index (κ3) is 3.85. The molecule has 1 aromatic heterocycles. The summed E-state index contributed by atoms with van der Waals surface area (Å²) in [6, 6.07) is 5.43. The number of carbonyl (C=O) groups excluding carboxylic acids is 2. The number of hydrogen-bond acceptors (Lipinski definition) is 3. The number of nitrogens with one attached hydrogen (secondary N) is 3. The second kappa shape index (κ2) is 8.00. The number of urea groups is 2. The molecule has 4 N–H and O–H groups in total. The zero-order valence-electron chi connectivity index (χ0n) is 15.9. The Labute approximate surface area is 163 Å². The first-order valence-corrected chi connectivity index (χ1v) is 9.98. The van der Waals surface area contributed by atoms with Gasteiger partial charge in [-0.05, 0) is 49.4 Å². The predicted molar refractivity (Wildman–Crippen MR) is 106 cm³/mol. The van der Waals surface area contributed by atoms with E-state index in [0.29, 0.717) is 32.1 Å². The van der Waals surface area contributed by atoms with Crippen LogP contribution in [0, 0.1) is 0 Å². The van der Waals surface area contributed by atoms with Crippen molar-refractivity contribution in [2.24, 2.45) is 0 Å². The van der Waals surface area contributed by atoms with Crippen LogP contribution in [-0.2, 0) is 6.42 Å². The van der Waals surface area contributed by atoms with Crippen molar-refractivity contribution in [1.82, 2.24) is 25.4 Å². The first-order chi connectivity index (χ1) is 13.6. The highest BCUT2D eigenvalue weighted by molar-refractivity contribution is 5.84. The average molecular weight is 385 g/mol. The van der Waals surface area contributed by atoms with E-state index in [1.54, 1.807) is 12.1 Å². The standard InChI is InChI=1S/C20H27N5O3/c26-16-4-5-18-17(11-16)14(12-23-18)6-7-21-19(27)22-8-10-24-13-15-3-1-2-9-25(15)20(24)28/h4-5,11-12,15,23,26H,1-3,6-10,13H2,(H2,21,22,27). The summed E-state index contributed by atoms with van der Waals surface area (Å²) in [7, 11) is 0. The molecule has 0 bridgehead atoms. The Morgan fingerprint density at radius 3 is 2.96 bits per heavy atom. The van der Waals surface area contributed by atoms with Gasteiger partial charge < -0.3 is 30.5 Å². The lowest BCUT2D eigenvalue weighted by molar-refractivity contribution is 0.175. The van der Waals surface area contributed by atoms with E-state index in [2.05, 4.69) is 15.6 Å². The minimum absolute atomic E-state index is 0.106. The molecule has 3 heterocycles. The van der Waals surface area contributed by atoms with Gasteiger partial charge in [-0.15, -0.1) is 0 Å². The number of H-pyrrole nitrogens is 1. The van der Waals surface area contributed by atoms with Crippen molar-refractivity contribution in [3.05, 3.63) is 30.0 Å². The number of aromatic hydroxyl groups is 1. The fourth-order valence-electron chi connectivity index (χ4n) is 4.19. The number of benzene rings is 1. The molecule has 8 heteroatoms. The monoisotopic (exact) mass is 385 g/mol. The summed E-state index contributed by atoms with van der Waals surface area (Å²) in [5.41, 5.74) is 2.01. The molecule has 1 atom stereocenters. The Balaban J connectivity index is 1.18. The van der Waals surface area contributed by atoms with Gasteiger partial charge in [-0.1, -0.05) is 0 Å². The van der Waals surface area contributed by atoms with Crippen molar-refractivity contribution in [2.75, 3.05) is 32.7 Å². The zero-order valence-corrected chi connectivity index (χ0v) is 15.9. The van der Waals surface area contributed by atoms with Crippen LogP contribution in [0.5, 0.6) is 5.75 Å². The number of aromatic amines is 1. The van der Waals surface area contributed by atoms with Crippen LogP contribution in [0.2, 0.25) is 0 Å². The molecule has 8 nitrogen and oxygen atoms in total. The van der Waals surface area contributed by atoms with Crippen LogP contribution < -0.4 is 10.6 Å². The number of phenolic OH excluding ortho intramolecular Hbond substituents is 1. The van der Waals surface area contributed by atoms with Gasteiger partial charge in [0, 0.05) is 49.8 Å². The lowest BCUT2D eigenvalue weighted by Crippen LogP contribution is -2.42. The number of phenols is 1. The highest BCUT2D eigenvalue weighted by Crippen LogP contribution is 2.25. The third-order valence-corrected chi connectivity index (χ3v) is 5.67. The third-order valence-electron chi connectivity index (χ3n) is 5.67. The molecular weight excluding hydrogens is 358 g/mol. The van der Waals surface area contributed by atoms with Crippen LogP contribution in [0.3, 0.4) is 0 Å². The lowest BCUT2D eigenvalue weighted by Gasteiger charge is -2.27. The Hall–Kier alpha value is -2.90. The van der Waals surface area contributed by atoms with Gasteiger partial charge in [0.15, 0.2) is 0 Å². The Morgan fingerprint density at radius 1 is 1.25 bits per heavy atom. The normalized spacial score (nSPS) is 19.1. The minimum atomic E-state index is -0.230. The first-order valence-electron chi connectivity index (χ1n) is 9.98. The van der Waals surface area contributed by atoms with E-state index in [4.69, 9.17) is 0 Å². The van der Waals surface area contributed by atoms with Crippen LogP contribution in [0.4, 0.5) is 9.59 Å². The number of fused-ring (bicyclic) bond motifs is 2. The van der Waals surface area contributed by atoms with Crippen molar-refractivity contribution >= 4 is 23.0 Å². The van der Waals surface area contributed by atoms with Gasteiger partial charge >= 0.3 is 12.1 Å². The molecule has 2 aliphatic rings. The van der Waals surface area contributed by atoms with Crippen molar-refractivity contribution in [3.63, 3.8) is 0 Å². The summed E-state index contributed by atoms with van der Waals surface area (Å²) in [4.78, 5) is 31.3. The fraction of sp³-hybridized carbons (Fsp3) is 0.500. The smallest absolute Gasteiger partial charge is 0.320 e. The van der Waals surface area contributed by atoms with Gasteiger partial charge in [0.05, 0.1) is 6.04 Å². The molecule has 4 amide bonds. The number of aromatic nitrogens is 1. The van der Waals surface area contributed by atoms with E-state index in [1.807, 2.05) is 22.1 Å². The first kappa shape index (κ1) is 18.5. The Bertz CT molecular complexity index is 865. The summed E-state index contributed by atoms with van der Waals surface area (Å²) >= 11 is 0. The van der Waals surface area contributed by atoms with Crippen LogP contribution in [-0.4, -0.2) is 70.7 Å². The quantitative estimate of drug-likeness (QED) is 0.612. The maximum absolute atomic E-state index is 12.4. The van der Waals surface area contributed by atoms with Crippen LogP contribution in [0.1, 0.15) is 24.8 Å². The maximum atomic E-state index is 12.4. The molecule has 2 aromatic rings. The van der Waals surface area contributed by atoms with Gasteiger partial charge in [0.1, 0.15) is 5.75 Å². The molecule has 0 radical (unpaired) electrons. The average Bonchev–Trinajstić information content (AvgIpc) is 3.23. The second-order valence-corrected chi connectivity index (χ2v) is 7.55. The SMILES string of the molecule is O=C(NCCc1c[nH]c2ccc(O)cc12)NCCN1CC2CCCCN2C1=O. The van der Waals surface area contributed by atoms with Gasteiger partial charge in [-0.2, -0.15) is 0 Å². The Morgan fingerprint density at radius 2 is 2.11 bits per heavy atom. The molecular formula is C20H27N5O3. The van der Waals surface area contributed by atoms with Crippen molar-refractivity contribution in [1.29, 1.82) is 0 Å². The van der Waals surface area contributed by atoms with Crippen LogP contribution in [0.15, 0.2) is 24.4 Å². The highest BCUT2D eigenvalue weighted by atomic mass is 16.3. The molecule has 4 rings (SSSR count). The van der Waals surface area contributed by atoms with Gasteiger partial charge in [0.2, 0.25) is 0 Å². The van der Waals surface area contributed by atoms with E-state index in [9.17, 15) is 14.7 Å². The molecule has 2 fully saturated rings. The largest absolute Gasteiger partial charge is 0.508 e. The van der Waals surface area contributed by atoms with Crippen molar-refractivity contribution < 1.29 is 14.7 Å². The van der Waals surface area contributed by atoms with Gasteiger partial charge in [-0.25, -0.2) is 9.59 Å². The number of amides is 4. The molecule has 0 saturated carbocycles. The molecule has 150 valence electrons. The highest BCUT2D eigenvalue weighted by Gasteiger charge is 2.37. The second-order valence-electron chi connectivity index (χ2n) is 7.55. The van der Waals surface area contributed by atoms with Crippen LogP contribution >= 0.6 is 0 Å². The zero-order chi connectivity index (χ0) is 19.5. The van der Waals surface area contributed by atoms with E-state index in [-0.39, 0.29) is 17.8 Å². The number of rotatable bonds is 6. The van der Waals surface area contributed by atoms with E-state index in [0.717, 1.165) is 42.4 Å². The number of piperidine rings is 1. The molecule has 2 aliphatic heterocycles. The summed E-state index contributed by atoms with van der Waals surface area (Å²) in [6.07, 6.45) is 5.93. The van der Waals surface area contributed by atoms with Crippen LogP contribution in [0.25, 0.3) is 10.9 Å². The van der Waals surface area contributed by atoms with Crippen molar-refractivity contribution in [2.45, 2.75) is 31.7 Å². The summed E-state index contributed by atoms with van der Waals surface area (Å²) in [5, 5.41) is 16.3. The van der Waals surface area contributed by atoms with E-state index >= 15 is 0 Å². The van der Waals surface area contributed by atoms with Gasteiger partial charge in [-0.3, -0.25) is 0 Å². The molecule has 0 spiro atoms. The minimum Gasteiger partial charge on any atom is -0.508 e. The molecule has 1 aromatic carbocycles. The lowest BCUT2D eigenvalue weighted by atomic mass is 10.0. The van der Waals surface area contributed by atoms with E-state index in [1.165, 1.54) is 6.42 Å². The number of carbonyl (C=O) groups is 2. The molecule has 1 unspecified atom stereocenters. The number of nitrogens with zero attached hydrogens (tertiary/aromatic N) is 2. The Kier molecular flexibility index (Phi) is 5.27. The maximum Gasteiger partial charge on any atom is 0.320 e. The number of hydrogen-bond donors (Lipinski definition) is 4. The predicted octanol–water partition coefficient (Wildman–Crippen LogP) is 2.01. The van der Waals surface area contributed by atoms with Crippen molar-refractivity contribution in [3.8, 4) is 5.75 Å². The summed E-state index contributed by atoms with van der Waals surface area (Å²) in [5.74, 6) is 0.228. The molecule has 28 heavy (non-hydrogen) atoms. The topological polar surface area (TPSA) is 101 Å². The molecule has 2 saturated heterocycles. The van der Waals surface area contributed by atoms with E-state index < -0.39 is 0 Å². The molecule has 0 aliphatic carbocycles. The van der Waals surface area contributed by atoms with Gasteiger partial charge in [0.25, 0.3) is 0 Å². The summed E-state index contributed by atoms with van der Waals surface area (Å²) in [6.45, 7) is 3.11. The summed E-state index contributed by atoms with van der Waals surface area (Å²) < 4.78 is 0.